The fourth-order valence-corrected chi connectivity index (χ4v) is 10.8. The minimum Gasteiger partial charge on any atom is -0.307 e. The highest BCUT2D eigenvalue weighted by atomic mass is 16.2. The van der Waals surface area contributed by atoms with Crippen molar-refractivity contribution >= 4 is 17.5 Å². The summed E-state index contributed by atoms with van der Waals surface area (Å²) in [6, 6.07) is 0. The zero-order valence-electron chi connectivity index (χ0n) is 25.1. The molecule has 40 heavy (non-hydrogen) atoms. The van der Waals surface area contributed by atoms with Crippen LogP contribution in [0.1, 0.15) is 91.8 Å². The highest BCUT2D eigenvalue weighted by molar-refractivity contribution is 6.03. The van der Waals surface area contributed by atoms with Crippen LogP contribution < -0.4 is 0 Å². The maximum Gasteiger partial charge on any atom is 0.235 e. The van der Waals surface area contributed by atoms with Crippen molar-refractivity contribution in [3.63, 3.8) is 0 Å². The lowest BCUT2D eigenvalue weighted by molar-refractivity contribution is -0.158. The predicted molar refractivity (Wildman–Crippen MR) is 153 cm³/mol. The van der Waals surface area contributed by atoms with Crippen LogP contribution in [0.25, 0.3) is 4.85 Å². The van der Waals surface area contributed by atoms with Crippen molar-refractivity contribution in [3.05, 3.63) is 53.6 Å². The summed E-state index contributed by atoms with van der Waals surface area (Å²) in [6.45, 7) is 23.1. The van der Waals surface area contributed by atoms with Gasteiger partial charge in [0.15, 0.2) is 11.6 Å². The second kappa shape index (κ2) is 8.37. The Kier molecular flexibility index (Phi) is 5.72. The zero-order chi connectivity index (χ0) is 29.0. The number of Topliss-reactive ketones (excluding diaryl/α,β-unsaturated/α-hetero) is 1. The Morgan fingerprint density at radius 1 is 1.02 bits per heavy atom. The van der Waals surface area contributed by atoms with Crippen LogP contribution in [-0.2, 0) is 9.59 Å². The van der Waals surface area contributed by atoms with E-state index in [0.717, 1.165) is 44.1 Å². The Morgan fingerprint density at radius 3 is 2.40 bits per heavy atom. The quantitative estimate of drug-likeness (QED) is 0.361. The molecule has 3 fully saturated rings. The smallest absolute Gasteiger partial charge is 0.235 e. The van der Waals surface area contributed by atoms with E-state index in [4.69, 9.17) is 6.57 Å². The number of imidazole rings is 1. The van der Waals surface area contributed by atoms with Gasteiger partial charge in [-0.05, 0) is 78.6 Å². The second-order valence-electron chi connectivity index (χ2n) is 15.6. The zero-order valence-corrected chi connectivity index (χ0v) is 25.1. The molecule has 0 radical (unpaired) electrons. The maximum atomic E-state index is 14.5. The molecule has 6 rings (SSSR count). The van der Waals surface area contributed by atoms with E-state index in [0.29, 0.717) is 0 Å². The summed E-state index contributed by atoms with van der Waals surface area (Å²) >= 11 is 0. The minimum atomic E-state index is -0.654. The Labute approximate surface area is 238 Å². The van der Waals surface area contributed by atoms with Crippen LogP contribution in [0, 0.1) is 63.2 Å². The van der Waals surface area contributed by atoms with Gasteiger partial charge in [0.2, 0.25) is 11.6 Å². The number of rotatable bonds is 1. The largest absolute Gasteiger partial charge is 0.307 e. The van der Waals surface area contributed by atoms with Crippen molar-refractivity contribution < 1.29 is 14.4 Å². The number of ketones is 2. The maximum absolute atomic E-state index is 14.5. The fourth-order valence-electron chi connectivity index (χ4n) is 10.8. The van der Waals surface area contributed by atoms with Gasteiger partial charge in [-0.15, -0.1) is 0 Å². The molecule has 1 aromatic heterocycles. The molecule has 212 valence electrons. The van der Waals surface area contributed by atoms with E-state index in [1.54, 1.807) is 23.3 Å². The molecule has 0 N–H and O–H groups in total. The molecular weight excluding hydrogens is 498 g/mol. The number of nitrogens with zero attached hydrogens (tertiary/aromatic N) is 3. The summed E-state index contributed by atoms with van der Waals surface area (Å²) in [6.07, 6.45) is 14.3. The van der Waals surface area contributed by atoms with Crippen LogP contribution in [-0.4, -0.2) is 27.0 Å². The van der Waals surface area contributed by atoms with E-state index in [2.05, 4.69) is 44.4 Å². The lowest BCUT2D eigenvalue weighted by Crippen LogP contribution is -2.64. The number of fused-ring (bicyclic) bond motifs is 7. The lowest BCUT2D eigenvalue weighted by atomic mass is 9.35. The van der Waals surface area contributed by atoms with E-state index >= 15 is 0 Å². The molecule has 1 heterocycles. The number of aromatic nitrogens is 2. The molecule has 5 aliphatic carbocycles. The molecule has 0 spiro atoms. The van der Waals surface area contributed by atoms with Gasteiger partial charge in [-0.1, -0.05) is 60.1 Å². The molecule has 0 bridgehead atoms. The van der Waals surface area contributed by atoms with Gasteiger partial charge < -0.3 is 4.79 Å². The molecule has 0 saturated heterocycles. The SMILES string of the molecule is [C-]#[N+]C1=C[C@]2(C)C3=CC(=O)[C@@H]4[C@@H]5CC(C)(C)C[C@@H](C(=O)n6ccnc6)C5CC[C@@]4(C)[C@]3(C)CC[C@H]2C(C)(C)C1=O. The van der Waals surface area contributed by atoms with Crippen LogP contribution >= 0.6 is 0 Å². The average molecular weight is 542 g/mol. The summed E-state index contributed by atoms with van der Waals surface area (Å²) in [4.78, 5) is 49.2. The molecule has 1 aromatic rings. The molecule has 5 aliphatic rings. The van der Waals surface area contributed by atoms with Crippen LogP contribution in [0.5, 0.6) is 0 Å². The fraction of sp³-hybridized carbons (Fsp3) is 0.676. The molecule has 0 amide bonds. The van der Waals surface area contributed by atoms with Crippen LogP contribution in [0.4, 0.5) is 0 Å². The number of hydrogen-bond donors (Lipinski definition) is 0. The van der Waals surface area contributed by atoms with Gasteiger partial charge >= 0.3 is 0 Å². The Morgan fingerprint density at radius 2 is 1.75 bits per heavy atom. The van der Waals surface area contributed by atoms with Crippen molar-refractivity contribution in [1.82, 2.24) is 9.55 Å². The van der Waals surface area contributed by atoms with Gasteiger partial charge in [-0.3, -0.25) is 14.2 Å². The van der Waals surface area contributed by atoms with Gasteiger partial charge in [0, 0.05) is 35.1 Å². The normalized spacial score (nSPS) is 43.2. The number of carbonyl (C=O) groups is 3. The van der Waals surface area contributed by atoms with Gasteiger partial charge in [0.05, 0.1) is 6.57 Å². The lowest BCUT2D eigenvalue weighted by Gasteiger charge is -2.68. The third kappa shape index (κ3) is 3.39. The molecule has 3 saturated carbocycles. The van der Waals surface area contributed by atoms with Gasteiger partial charge in [-0.25, -0.2) is 9.83 Å². The molecule has 0 aliphatic heterocycles. The molecule has 6 nitrogen and oxygen atoms in total. The van der Waals surface area contributed by atoms with Crippen LogP contribution in [0.3, 0.4) is 0 Å². The highest BCUT2D eigenvalue weighted by Crippen LogP contribution is 2.73. The number of allylic oxidation sites excluding steroid dienone is 4. The van der Waals surface area contributed by atoms with Crippen LogP contribution in [0.2, 0.25) is 0 Å². The topological polar surface area (TPSA) is 73.4 Å². The molecule has 0 aromatic carbocycles. The van der Waals surface area contributed by atoms with Crippen molar-refractivity contribution in [1.29, 1.82) is 0 Å². The first-order valence-electron chi connectivity index (χ1n) is 15.0. The standard InChI is InChI=1S/C34H43N3O3/c1-30(2)16-21-20(22(17-30)29(40)37-14-13-36-19-37)9-11-34(7)27(21)24(38)15-26-32(5)18-23(35-8)28(39)31(3,4)25(32)10-12-33(26,34)6/h13-15,18-22,25,27H,9-12,16-17H2,1-7H3/t20?,21-,22-,25+,27+,32+,33-,34-/m1/s1. The first kappa shape index (κ1) is 27.4. The summed E-state index contributed by atoms with van der Waals surface area (Å²) in [7, 11) is 0. The van der Waals surface area contributed by atoms with E-state index in [-0.39, 0.29) is 69.0 Å². The molecule has 1 unspecified atom stereocenters. The van der Waals surface area contributed by atoms with E-state index in [1.807, 2.05) is 26.0 Å². The first-order chi connectivity index (χ1) is 18.6. The highest BCUT2D eigenvalue weighted by Gasteiger charge is 2.68. The van der Waals surface area contributed by atoms with Crippen molar-refractivity contribution in [3.8, 4) is 0 Å². The summed E-state index contributed by atoms with van der Waals surface area (Å²) in [5.74, 6) is 0.327. The molecule has 6 heteroatoms. The van der Waals surface area contributed by atoms with Gasteiger partial charge in [0.25, 0.3) is 0 Å². The average Bonchev–Trinajstić information content (AvgIpc) is 3.41. The predicted octanol–water partition coefficient (Wildman–Crippen LogP) is 6.95. The Balaban J connectivity index is 1.47. The Bertz CT molecular complexity index is 1410. The van der Waals surface area contributed by atoms with Crippen molar-refractivity contribution in [2.75, 3.05) is 0 Å². The summed E-state index contributed by atoms with van der Waals surface area (Å²) < 4.78 is 1.63. The Hall–Kier alpha value is -2.81. The van der Waals surface area contributed by atoms with Crippen molar-refractivity contribution in [2.45, 2.75) is 87.0 Å². The monoisotopic (exact) mass is 541 g/mol. The minimum absolute atomic E-state index is 0.0455. The van der Waals surface area contributed by atoms with Gasteiger partial charge in [0.1, 0.15) is 6.33 Å². The second-order valence-corrected chi connectivity index (χ2v) is 15.6. The third-order valence-electron chi connectivity index (χ3n) is 12.7. The van der Waals surface area contributed by atoms with E-state index in [9.17, 15) is 14.4 Å². The molecule has 8 atom stereocenters. The molecular formula is C34H43N3O3. The summed E-state index contributed by atoms with van der Waals surface area (Å²) in [5.41, 5.74) is -0.358. The summed E-state index contributed by atoms with van der Waals surface area (Å²) in [5, 5.41) is 0. The van der Waals surface area contributed by atoms with Crippen LogP contribution in [0.15, 0.2) is 42.1 Å². The van der Waals surface area contributed by atoms with Gasteiger partial charge in [-0.2, -0.15) is 0 Å². The number of carbonyl (C=O) groups excluding carboxylic acids is 3. The first-order valence-corrected chi connectivity index (χ1v) is 15.0. The third-order valence-corrected chi connectivity index (χ3v) is 12.7. The van der Waals surface area contributed by atoms with Crippen molar-refractivity contribution in [2.24, 2.45) is 56.7 Å². The number of hydrogen-bond acceptors (Lipinski definition) is 4. The van der Waals surface area contributed by atoms with E-state index < -0.39 is 10.8 Å². The van der Waals surface area contributed by atoms with E-state index in [1.165, 1.54) is 0 Å².